The van der Waals surface area contributed by atoms with Gasteiger partial charge in [-0.2, -0.15) is 11.8 Å². The second-order valence-corrected chi connectivity index (χ2v) is 8.95. The summed E-state index contributed by atoms with van der Waals surface area (Å²) in [5.41, 5.74) is 21.3. The van der Waals surface area contributed by atoms with Crippen molar-refractivity contribution in [2.45, 2.75) is 62.7 Å². The molecule has 4 atom stereocenters. The van der Waals surface area contributed by atoms with Gasteiger partial charge in [0.2, 0.25) is 23.6 Å². The molecular formula is C20H36N8O8S. The van der Waals surface area contributed by atoms with Crippen LogP contribution >= 0.6 is 11.8 Å². The Bertz CT molecular complexity index is 852. The summed E-state index contributed by atoms with van der Waals surface area (Å²) in [5.74, 6) is -5.97. The van der Waals surface area contributed by atoms with E-state index in [0.29, 0.717) is 5.75 Å². The number of hydrogen-bond acceptors (Lipinski definition) is 9. The van der Waals surface area contributed by atoms with Gasteiger partial charge >= 0.3 is 11.9 Å². The molecule has 0 bridgehead atoms. The van der Waals surface area contributed by atoms with Gasteiger partial charge in [0.25, 0.3) is 0 Å². The molecule has 13 N–H and O–H groups in total. The molecule has 210 valence electrons. The molecule has 0 aliphatic rings. The first-order chi connectivity index (χ1) is 17.3. The molecule has 0 saturated carbocycles. The first-order valence-electron chi connectivity index (χ1n) is 11.2. The van der Waals surface area contributed by atoms with Crippen LogP contribution in [-0.2, 0) is 28.8 Å². The minimum absolute atomic E-state index is 0.0556. The average molecular weight is 549 g/mol. The maximum atomic E-state index is 12.8. The highest BCUT2D eigenvalue weighted by atomic mass is 32.2. The van der Waals surface area contributed by atoms with Gasteiger partial charge in [-0.05, 0) is 37.7 Å². The van der Waals surface area contributed by atoms with Gasteiger partial charge in [0.1, 0.15) is 18.1 Å². The highest BCUT2D eigenvalue weighted by Crippen LogP contribution is 2.05. The van der Waals surface area contributed by atoms with Crippen LogP contribution < -0.4 is 38.9 Å². The molecular weight excluding hydrogens is 512 g/mol. The summed E-state index contributed by atoms with van der Waals surface area (Å²) in [4.78, 5) is 75.8. The lowest BCUT2D eigenvalue weighted by Gasteiger charge is -2.24. The summed E-state index contributed by atoms with van der Waals surface area (Å²) < 4.78 is 0. The van der Waals surface area contributed by atoms with Crippen molar-refractivity contribution < 1.29 is 39.0 Å². The Balaban J connectivity index is 5.53. The van der Waals surface area contributed by atoms with Gasteiger partial charge < -0.3 is 49.1 Å². The maximum Gasteiger partial charge on any atom is 0.326 e. The first kappa shape index (κ1) is 33.4. The molecule has 17 heteroatoms. The molecule has 4 amide bonds. The molecule has 4 unspecified atom stereocenters. The number of nitrogens with one attached hydrogen (secondary N) is 3. The number of carbonyl (C=O) groups excluding carboxylic acids is 4. The Labute approximate surface area is 217 Å². The number of nitrogens with two attached hydrogens (primary N) is 4. The Morgan fingerprint density at radius 2 is 1.41 bits per heavy atom. The highest BCUT2D eigenvalue weighted by Gasteiger charge is 2.31. The normalized spacial score (nSPS) is 13.8. The Hall–Kier alpha value is -3.60. The molecule has 0 aliphatic heterocycles. The number of nitrogens with zero attached hydrogens (tertiary/aromatic N) is 1. The number of hydrogen-bond donors (Lipinski definition) is 9. The molecule has 0 spiro atoms. The first-order valence-corrected chi connectivity index (χ1v) is 12.6. The van der Waals surface area contributed by atoms with Gasteiger partial charge in [-0.15, -0.1) is 0 Å². The van der Waals surface area contributed by atoms with Gasteiger partial charge in [0, 0.05) is 13.0 Å². The topological polar surface area (TPSA) is 295 Å². The van der Waals surface area contributed by atoms with Crippen molar-refractivity contribution >= 4 is 53.3 Å². The van der Waals surface area contributed by atoms with Crippen molar-refractivity contribution in [3.63, 3.8) is 0 Å². The fourth-order valence-electron chi connectivity index (χ4n) is 2.90. The van der Waals surface area contributed by atoms with Gasteiger partial charge in [0.15, 0.2) is 5.96 Å². The minimum Gasteiger partial charge on any atom is -0.481 e. The monoisotopic (exact) mass is 548 g/mol. The second-order valence-electron chi connectivity index (χ2n) is 7.96. The fraction of sp³-hybridized carbons (Fsp3) is 0.650. The quantitative estimate of drug-likeness (QED) is 0.0429. The molecule has 0 saturated heterocycles. The number of carboxylic acids is 2. The van der Waals surface area contributed by atoms with Crippen LogP contribution in [0.3, 0.4) is 0 Å². The van der Waals surface area contributed by atoms with Crippen LogP contribution in [0.4, 0.5) is 0 Å². The number of aliphatic imine (C=N–C) groups is 1. The predicted molar refractivity (Wildman–Crippen MR) is 135 cm³/mol. The Kier molecular flexibility index (Phi) is 16.0. The summed E-state index contributed by atoms with van der Waals surface area (Å²) >= 11 is 1.44. The van der Waals surface area contributed by atoms with E-state index in [4.69, 9.17) is 28.0 Å². The van der Waals surface area contributed by atoms with Gasteiger partial charge in [-0.3, -0.25) is 29.0 Å². The summed E-state index contributed by atoms with van der Waals surface area (Å²) in [7, 11) is 0. The van der Waals surface area contributed by atoms with Crippen LogP contribution in [0.15, 0.2) is 4.99 Å². The van der Waals surface area contributed by atoms with E-state index in [0.717, 1.165) is 0 Å². The van der Waals surface area contributed by atoms with Crippen molar-refractivity contribution in [1.82, 2.24) is 16.0 Å². The van der Waals surface area contributed by atoms with Crippen LogP contribution in [0.2, 0.25) is 0 Å². The van der Waals surface area contributed by atoms with Crippen molar-refractivity contribution in [3.05, 3.63) is 0 Å². The molecule has 37 heavy (non-hydrogen) atoms. The van der Waals surface area contributed by atoms with Crippen molar-refractivity contribution in [2.75, 3.05) is 18.6 Å². The molecule has 0 radical (unpaired) electrons. The summed E-state index contributed by atoms with van der Waals surface area (Å²) in [6, 6.07) is -5.43. The summed E-state index contributed by atoms with van der Waals surface area (Å²) in [6.45, 7) is 0.111. The van der Waals surface area contributed by atoms with Crippen molar-refractivity contribution in [3.8, 4) is 0 Å². The van der Waals surface area contributed by atoms with Crippen molar-refractivity contribution in [2.24, 2.45) is 27.9 Å². The molecule has 0 aromatic rings. The molecule has 16 nitrogen and oxygen atoms in total. The number of primary amides is 1. The molecule has 0 fully saturated rings. The van der Waals surface area contributed by atoms with E-state index >= 15 is 0 Å². The van der Waals surface area contributed by atoms with E-state index in [1.165, 1.54) is 11.8 Å². The zero-order valence-electron chi connectivity index (χ0n) is 20.5. The van der Waals surface area contributed by atoms with E-state index in [1.54, 1.807) is 0 Å². The van der Waals surface area contributed by atoms with Crippen LogP contribution in [0.5, 0.6) is 0 Å². The number of rotatable bonds is 19. The average Bonchev–Trinajstić information content (AvgIpc) is 2.80. The molecule has 0 aromatic heterocycles. The van der Waals surface area contributed by atoms with Crippen LogP contribution in [0, 0.1) is 0 Å². The lowest BCUT2D eigenvalue weighted by Crippen LogP contribution is -2.57. The number of carboxylic acid groups (broad SMARTS) is 2. The van der Waals surface area contributed by atoms with Gasteiger partial charge in [0.05, 0.1) is 12.5 Å². The minimum atomic E-state index is -1.59. The Morgan fingerprint density at radius 1 is 0.838 bits per heavy atom. The summed E-state index contributed by atoms with van der Waals surface area (Å²) in [6.07, 6.45) is 0.750. The lowest BCUT2D eigenvalue weighted by atomic mass is 10.1. The maximum absolute atomic E-state index is 12.8. The number of aliphatic carboxylic acids is 2. The highest BCUT2D eigenvalue weighted by molar-refractivity contribution is 7.98. The third-order valence-electron chi connectivity index (χ3n) is 4.85. The summed E-state index contributed by atoms with van der Waals surface area (Å²) in [5, 5.41) is 25.4. The van der Waals surface area contributed by atoms with E-state index in [2.05, 4.69) is 20.9 Å². The third kappa shape index (κ3) is 15.2. The molecule has 0 aromatic carbocycles. The fourth-order valence-corrected chi connectivity index (χ4v) is 3.39. The zero-order chi connectivity index (χ0) is 28.5. The molecule has 0 aliphatic carbocycles. The largest absolute Gasteiger partial charge is 0.481 e. The smallest absolute Gasteiger partial charge is 0.326 e. The van der Waals surface area contributed by atoms with E-state index in [-0.39, 0.29) is 44.6 Å². The van der Waals surface area contributed by atoms with E-state index in [1.807, 2.05) is 6.26 Å². The zero-order valence-corrected chi connectivity index (χ0v) is 21.3. The Morgan fingerprint density at radius 3 is 1.92 bits per heavy atom. The second kappa shape index (κ2) is 17.8. The van der Waals surface area contributed by atoms with Crippen molar-refractivity contribution in [1.29, 1.82) is 0 Å². The number of amides is 4. The van der Waals surface area contributed by atoms with Crippen LogP contribution in [-0.4, -0.2) is 94.5 Å². The predicted octanol–water partition coefficient (Wildman–Crippen LogP) is -3.60. The SMILES string of the molecule is CSCCC(N)C(=O)NC(CC(=O)O)C(=O)NC(CCC(N)=O)C(=O)NC(CCCN=C(N)N)C(=O)O. The number of guanidine groups is 1. The number of thioether (sulfide) groups is 1. The van der Waals surface area contributed by atoms with Crippen LogP contribution in [0.1, 0.15) is 38.5 Å². The standard InChI is InChI=1S/C20H36N8O8S/c1-37-8-6-10(21)16(32)28-13(9-15(30)31)18(34)26-11(4-5-14(22)29)17(33)27-12(19(35)36)3-2-7-25-20(23)24/h10-13H,2-9,21H2,1H3,(H2,22,29)(H,26,34)(H,27,33)(H,28,32)(H,30,31)(H,35,36)(H4,23,24,25). The van der Waals surface area contributed by atoms with Gasteiger partial charge in [-0.25, -0.2) is 4.79 Å². The van der Waals surface area contributed by atoms with E-state index < -0.39 is 66.2 Å². The lowest BCUT2D eigenvalue weighted by molar-refractivity contribution is -0.143. The number of carbonyl (C=O) groups is 6. The van der Waals surface area contributed by atoms with E-state index in [9.17, 15) is 33.9 Å². The third-order valence-corrected chi connectivity index (χ3v) is 5.50. The molecule has 0 rings (SSSR count). The van der Waals surface area contributed by atoms with Gasteiger partial charge in [-0.1, -0.05) is 0 Å². The molecule has 0 heterocycles. The van der Waals surface area contributed by atoms with Crippen LogP contribution in [0.25, 0.3) is 0 Å².